The maximum atomic E-state index is 13.1. The lowest BCUT2D eigenvalue weighted by Gasteiger charge is -2.32. The van der Waals surface area contributed by atoms with Gasteiger partial charge in [0, 0.05) is 43.3 Å². The molecule has 1 fully saturated rings. The van der Waals surface area contributed by atoms with Crippen molar-refractivity contribution in [3.8, 4) is 11.3 Å². The topological polar surface area (TPSA) is 40.8 Å². The third kappa shape index (κ3) is 3.32. The van der Waals surface area contributed by atoms with Gasteiger partial charge in [0.2, 0.25) is 0 Å². The van der Waals surface area contributed by atoms with Gasteiger partial charge in [-0.3, -0.25) is 9.20 Å². The van der Waals surface area contributed by atoms with Crippen molar-refractivity contribution < 1.29 is 18.0 Å². The van der Waals surface area contributed by atoms with E-state index in [4.69, 9.17) is 0 Å². The predicted octanol–water partition coefficient (Wildman–Crippen LogP) is 3.47. The molecule has 3 aromatic rings. The Kier molecular flexibility index (Phi) is 4.43. The van der Waals surface area contributed by atoms with Gasteiger partial charge in [0.1, 0.15) is 0 Å². The van der Waals surface area contributed by atoms with Crippen LogP contribution in [0.3, 0.4) is 0 Å². The summed E-state index contributed by atoms with van der Waals surface area (Å²) in [5.74, 6) is -0.244. The summed E-state index contributed by atoms with van der Waals surface area (Å²) in [6, 6.07) is 5.03. The van der Waals surface area contributed by atoms with Gasteiger partial charge < -0.3 is 9.80 Å². The number of amides is 1. The zero-order valence-corrected chi connectivity index (χ0v) is 15.3. The minimum atomic E-state index is -4.45. The van der Waals surface area contributed by atoms with Crippen molar-refractivity contribution in [1.82, 2.24) is 19.2 Å². The standard InChI is InChI=1S/C18H17F3N4OS/c1-23-5-7-24(8-6-23)16(26)14-15(25-9-10-27-17(25)22-14)12-3-2-4-13(11-12)18(19,20)21/h2-4,9-11H,5-8H2,1H3. The molecular formula is C18H17F3N4OS. The normalized spacial score (nSPS) is 16.2. The molecule has 1 amide bonds. The molecule has 5 nitrogen and oxygen atoms in total. The lowest BCUT2D eigenvalue weighted by atomic mass is 10.1. The number of rotatable bonds is 2. The first kappa shape index (κ1) is 18.0. The molecule has 0 atom stereocenters. The molecule has 0 spiro atoms. The van der Waals surface area contributed by atoms with Gasteiger partial charge in [-0.1, -0.05) is 12.1 Å². The van der Waals surface area contributed by atoms with Crippen LogP contribution in [-0.2, 0) is 6.18 Å². The third-order valence-corrected chi connectivity index (χ3v) is 5.48. The van der Waals surface area contributed by atoms with Crippen LogP contribution in [0.15, 0.2) is 35.8 Å². The summed E-state index contributed by atoms with van der Waals surface area (Å²) in [6.45, 7) is 2.66. The van der Waals surface area contributed by atoms with Crippen LogP contribution in [0.5, 0.6) is 0 Å². The van der Waals surface area contributed by atoms with E-state index < -0.39 is 11.7 Å². The van der Waals surface area contributed by atoms with E-state index in [0.717, 1.165) is 25.2 Å². The molecule has 1 aliphatic rings. The molecular weight excluding hydrogens is 377 g/mol. The molecule has 0 saturated carbocycles. The maximum Gasteiger partial charge on any atom is 0.416 e. The van der Waals surface area contributed by atoms with Crippen molar-refractivity contribution in [2.45, 2.75) is 6.18 Å². The molecule has 4 rings (SSSR count). The number of carbonyl (C=O) groups is 1. The van der Waals surface area contributed by atoms with Gasteiger partial charge in [-0.2, -0.15) is 13.2 Å². The van der Waals surface area contributed by atoms with Crippen molar-refractivity contribution in [2.24, 2.45) is 0 Å². The fourth-order valence-electron chi connectivity index (χ4n) is 3.21. The molecule has 3 heterocycles. The number of carbonyl (C=O) groups excluding carboxylic acids is 1. The van der Waals surface area contributed by atoms with Gasteiger partial charge in [0.25, 0.3) is 5.91 Å². The Hall–Kier alpha value is -2.39. The van der Waals surface area contributed by atoms with Gasteiger partial charge in [0.05, 0.1) is 11.3 Å². The Bertz CT molecular complexity index is 986. The van der Waals surface area contributed by atoms with Crippen molar-refractivity contribution in [3.63, 3.8) is 0 Å². The minimum absolute atomic E-state index is 0.200. The van der Waals surface area contributed by atoms with Crippen LogP contribution < -0.4 is 0 Å². The van der Waals surface area contributed by atoms with Crippen molar-refractivity contribution in [2.75, 3.05) is 33.2 Å². The fourth-order valence-corrected chi connectivity index (χ4v) is 3.93. The molecule has 27 heavy (non-hydrogen) atoms. The second-order valence-corrected chi connectivity index (χ2v) is 7.41. The summed E-state index contributed by atoms with van der Waals surface area (Å²) in [4.78, 5) is 21.9. The quantitative estimate of drug-likeness (QED) is 0.668. The number of hydrogen-bond donors (Lipinski definition) is 0. The first-order valence-electron chi connectivity index (χ1n) is 8.45. The summed E-state index contributed by atoms with van der Waals surface area (Å²) in [6.07, 6.45) is -2.72. The summed E-state index contributed by atoms with van der Waals surface area (Å²) in [7, 11) is 1.99. The molecule has 9 heteroatoms. The molecule has 1 aromatic carbocycles. The molecule has 0 unspecified atom stereocenters. The van der Waals surface area contributed by atoms with E-state index in [-0.39, 0.29) is 11.6 Å². The number of benzene rings is 1. The zero-order valence-electron chi connectivity index (χ0n) is 14.5. The van der Waals surface area contributed by atoms with Gasteiger partial charge >= 0.3 is 6.18 Å². The zero-order chi connectivity index (χ0) is 19.2. The molecule has 0 aliphatic carbocycles. The lowest BCUT2D eigenvalue weighted by Crippen LogP contribution is -2.47. The van der Waals surface area contributed by atoms with Crippen LogP contribution in [-0.4, -0.2) is 58.3 Å². The monoisotopic (exact) mass is 394 g/mol. The molecule has 1 aliphatic heterocycles. The second kappa shape index (κ2) is 6.65. The largest absolute Gasteiger partial charge is 0.416 e. The Labute approximate surface area is 157 Å². The SMILES string of the molecule is CN1CCN(C(=O)c2nc3sccn3c2-c2cccc(C(F)(F)F)c2)CC1. The first-order valence-corrected chi connectivity index (χ1v) is 9.33. The number of piperazine rings is 1. The Balaban J connectivity index is 1.80. The number of fused-ring (bicyclic) bond motifs is 1. The van der Waals surface area contributed by atoms with Crippen molar-refractivity contribution in [3.05, 3.63) is 47.1 Å². The highest BCUT2D eigenvalue weighted by Gasteiger charge is 2.32. The van der Waals surface area contributed by atoms with Crippen molar-refractivity contribution in [1.29, 1.82) is 0 Å². The van der Waals surface area contributed by atoms with E-state index in [1.54, 1.807) is 26.9 Å². The van der Waals surface area contributed by atoms with Crippen molar-refractivity contribution >= 4 is 22.2 Å². The number of imidazole rings is 1. The summed E-state index contributed by atoms with van der Waals surface area (Å²) in [5, 5.41) is 1.80. The Morgan fingerprint density at radius 1 is 1.19 bits per heavy atom. The molecule has 2 aromatic heterocycles. The molecule has 142 valence electrons. The Morgan fingerprint density at radius 2 is 1.93 bits per heavy atom. The van der Waals surface area contributed by atoms with Gasteiger partial charge in [-0.25, -0.2) is 4.98 Å². The van der Waals surface area contributed by atoms with Crippen LogP contribution in [0.4, 0.5) is 13.2 Å². The number of nitrogens with zero attached hydrogens (tertiary/aromatic N) is 4. The number of halogens is 3. The highest BCUT2D eigenvalue weighted by atomic mass is 32.1. The van der Waals surface area contributed by atoms with E-state index in [9.17, 15) is 18.0 Å². The fraction of sp³-hybridized carbons (Fsp3) is 0.333. The minimum Gasteiger partial charge on any atom is -0.335 e. The lowest BCUT2D eigenvalue weighted by molar-refractivity contribution is -0.137. The smallest absolute Gasteiger partial charge is 0.335 e. The number of likely N-dealkylation sites (N-methyl/N-ethyl adjacent to an activating group) is 1. The first-order chi connectivity index (χ1) is 12.8. The highest BCUT2D eigenvalue weighted by molar-refractivity contribution is 7.15. The highest BCUT2D eigenvalue weighted by Crippen LogP contribution is 2.34. The predicted molar refractivity (Wildman–Crippen MR) is 96.9 cm³/mol. The average molecular weight is 394 g/mol. The van der Waals surface area contributed by atoms with Gasteiger partial charge in [-0.15, -0.1) is 11.3 Å². The van der Waals surface area contributed by atoms with Crippen LogP contribution in [0.1, 0.15) is 16.1 Å². The van der Waals surface area contributed by atoms with Crippen LogP contribution >= 0.6 is 11.3 Å². The molecule has 0 bridgehead atoms. The number of hydrogen-bond acceptors (Lipinski definition) is 4. The van der Waals surface area contributed by atoms with Crippen LogP contribution in [0.2, 0.25) is 0 Å². The Morgan fingerprint density at radius 3 is 2.63 bits per heavy atom. The van der Waals surface area contributed by atoms with E-state index >= 15 is 0 Å². The molecule has 0 N–H and O–H groups in total. The van der Waals surface area contributed by atoms with E-state index in [1.165, 1.54) is 17.4 Å². The summed E-state index contributed by atoms with van der Waals surface area (Å²) in [5.41, 5.74) is 0.184. The maximum absolute atomic E-state index is 13.1. The van der Waals surface area contributed by atoms with E-state index in [2.05, 4.69) is 9.88 Å². The van der Waals surface area contributed by atoms with Gasteiger partial charge in [-0.05, 0) is 19.2 Å². The van der Waals surface area contributed by atoms with E-state index in [1.807, 2.05) is 7.05 Å². The third-order valence-electron chi connectivity index (χ3n) is 4.72. The van der Waals surface area contributed by atoms with Crippen LogP contribution in [0.25, 0.3) is 16.2 Å². The summed E-state index contributed by atoms with van der Waals surface area (Å²) >= 11 is 1.34. The molecule has 0 radical (unpaired) electrons. The second-order valence-electron chi connectivity index (χ2n) is 6.54. The number of alkyl halides is 3. The van der Waals surface area contributed by atoms with Crippen LogP contribution in [0, 0.1) is 0 Å². The van der Waals surface area contributed by atoms with Gasteiger partial charge in [0.15, 0.2) is 10.7 Å². The molecule has 1 saturated heterocycles. The average Bonchev–Trinajstić information content (AvgIpc) is 3.22. The summed E-state index contributed by atoms with van der Waals surface area (Å²) < 4.78 is 41.1. The number of thiazole rings is 1. The van der Waals surface area contributed by atoms with E-state index in [0.29, 0.717) is 29.3 Å². The number of aromatic nitrogens is 2.